The zero-order chi connectivity index (χ0) is 26.2. The zero-order valence-electron chi connectivity index (χ0n) is 20.2. The highest BCUT2D eigenvalue weighted by atomic mass is 19.4. The molecule has 1 aromatic carbocycles. The number of alkyl halides is 3. The van der Waals surface area contributed by atoms with Crippen LogP contribution in [0.25, 0.3) is 11.0 Å². The number of piperazine rings is 1. The molecule has 190 valence electrons. The average Bonchev–Trinajstić information content (AvgIpc) is 2.88. The Labute approximate surface area is 206 Å². The van der Waals surface area contributed by atoms with Gasteiger partial charge in [0.25, 0.3) is 0 Å². The zero-order valence-corrected chi connectivity index (χ0v) is 20.2. The van der Waals surface area contributed by atoms with Gasteiger partial charge >= 0.3 is 11.9 Å². The Hall–Kier alpha value is -3.49. The summed E-state index contributed by atoms with van der Waals surface area (Å²) in [7, 11) is 1.58. The molecule has 3 heterocycles. The number of nitrogens with zero attached hydrogens (tertiary/aromatic N) is 6. The van der Waals surface area contributed by atoms with Crippen molar-refractivity contribution in [2.75, 3.05) is 24.6 Å². The van der Waals surface area contributed by atoms with E-state index in [1.807, 2.05) is 24.8 Å². The van der Waals surface area contributed by atoms with E-state index in [2.05, 4.69) is 14.9 Å². The van der Waals surface area contributed by atoms with Gasteiger partial charge in [-0.05, 0) is 43.2 Å². The summed E-state index contributed by atoms with van der Waals surface area (Å²) in [6.07, 6.45) is -3.68. The number of fused-ring (bicyclic) bond motifs is 1. The summed E-state index contributed by atoms with van der Waals surface area (Å²) in [5, 5.41) is 19.6. The normalized spacial score (nSPS) is 19.9. The van der Waals surface area contributed by atoms with Crippen LogP contribution in [0.15, 0.2) is 41.2 Å². The third kappa shape index (κ3) is 4.66. The molecule has 1 fully saturated rings. The monoisotopic (exact) mass is 500 g/mol. The summed E-state index contributed by atoms with van der Waals surface area (Å²) < 4.78 is 40.4. The van der Waals surface area contributed by atoms with E-state index >= 15 is 0 Å². The van der Waals surface area contributed by atoms with Gasteiger partial charge in [-0.3, -0.25) is 9.47 Å². The molecule has 0 radical (unpaired) electrons. The highest BCUT2D eigenvalue weighted by Gasteiger charge is 2.37. The Kier molecular flexibility index (Phi) is 7.02. The minimum atomic E-state index is -4.40. The minimum Gasteiger partial charge on any atom is -0.394 e. The SMILES string of the molecule is CC[C@@H]1CN(c2nc(=O)n(C)c3ccc(C#N)nc23)C(CO)CN1C(C)c1ccc(C(F)(F)F)cc1. The molecule has 11 heteroatoms. The number of hydrogen-bond acceptors (Lipinski definition) is 7. The van der Waals surface area contributed by atoms with Crippen molar-refractivity contribution in [3.8, 4) is 6.07 Å². The number of hydrogen-bond donors (Lipinski definition) is 1. The Morgan fingerprint density at radius 3 is 2.42 bits per heavy atom. The molecule has 1 aliphatic heterocycles. The lowest BCUT2D eigenvalue weighted by atomic mass is 9.97. The molecule has 4 rings (SSSR count). The van der Waals surface area contributed by atoms with Crippen LogP contribution in [0.4, 0.5) is 19.0 Å². The van der Waals surface area contributed by atoms with Gasteiger partial charge in [0, 0.05) is 32.2 Å². The first-order chi connectivity index (χ1) is 17.1. The predicted octanol–water partition coefficient (Wildman–Crippen LogP) is 3.24. The molecule has 2 unspecified atom stereocenters. The number of benzene rings is 1. The van der Waals surface area contributed by atoms with Crippen LogP contribution < -0.4 is 10.6 Å². The van der Waals surface area contributed by atoms with Crippen LogP contribution in [0, 0.1) is 11.3 Å². The second-order valence-corrected chi connectivity index (χ2v) is 9.00. The molecule has 3 atom stereocenters. The summed E-state index contributed by atoms with van der Waals surface area (Å²) in [6, 6.07) is 9.66. The standard InChI is InChI=1S/C25H27F3N6O2/c1-4-19-12-34(23-22-21(32(3)24(36)31-23)10-9-18(11-29)30-22)20(14-35)13-33(19)15(2)16-5-7-17(8-6-16)25(26,27)28/h5-10,15,19-20,35H,4,12-14H2,1-3H3/t15?,19-,20?/m1/s1. The molecule has 1 N–H and O–H groups in total. The molecule has 3 aromatic rings. The van der Waals surface area contributed by atoms with Crippen molar-refractivity contribution in [1.29, 1.82) is 5.26 Å². The lowest BCUT2D eigenvalue weighted by molar-refractivity contribution is -0.137. The van der Waals surface area contributed by atoms with Gasteiger partial charge in [0.1, 0.15) is 17.3 Å². The molecule has 1 aliphatic rings. The predicted molar refractivity (Wildman–Crippen MR) is 128 cm³/mol. The van der Waals surface area contributed by atoms with Gasteiger partial charge in [-0.25, -0.2) is 9.78 Å². The molecule has 0 spiro atoms. The second kappa shape index (κ2) is 9.87. The first-order valence-corrected chi connectivity index (χ1v) is 11.7. The molecule has 1 saturated heterocycles. The highest BCUT2D eigenvalue weighted by molar-refractivity contribution is 5.86. The van der Waals surface area contributed by atoms with Crippen LogP contribution in [0.1, 0.15) is 43.1 Å². The maximum absolute atomic E-state index is 13.0. The van der Waals surface area contributed by atoms with Crippen LogP contribution in [-0.2, 0) is 13.2 Å². The van der Waals surface area contributed by atoms with E-state index in [4.69, 9.17) is 0 Å². The number of halogens is 3. The van der Waals surface area contributed by atoms with Crippen molar-refractivity contribution in [3.63, 3.8) is 0 Å². The highest BCUT2D eigenvalue weighted by Crippen LogP contribution is 2.34. The number of rotatable bonds is 5. The van der Waals surface area contributed by atoms with E-state index in [9.17, 15) is 28.3 Å². The largest absolute Gasteiger partial charge is 0.416 e. The quantitative estimate of drug-likeness (QED) is 0.574. The van der Waals surface area contributed by atoms with Crippen LogP contribution in [0.5, 0.6) is 0 Å². The number of aliphatic hydroxyl groups excluding tert-OH is 1. The number of aromatic nitrogens is 3. The molecule has 0 saturated carbocycles. The topological polar surface area (TPSA) is 98.3 Å². The Morgan fingerprint density at radius 1 is 1.14 bits per heavy atom. The third-order valence-corrected chi connectivity index (χ3v) is 6.96. The Morgan fingerprint density at radius 2 is 1.83 bits per heavy atom. The fourth-order valence-electron chi connectivity index (χ4n) is 4.84. The summed E-state index contributed by atoms with van der Waals surface area (Å²) in [4.78, 5) is 25.3. The summed E-state index contributed by atoms with van der Waals surface area (Å²) in [6.45, 7) is 4.52. The smallest absolute Gasteiger partial charge is 0.394 e. The number of anilines is 1. The molecule has 36 heavy (non-hydrogen) atoms. The first kappa shape index (κ1) is 25.6. The average molecular weight is 501 g/mol. The van der Waals surface area contributed by atoms with E-state index in [0.29, 0.717) is 29.9 Å². The summed E-state index contributed by atoms with van der Waals surface area (Å²) in [5.41, 5.74) is 0.670. The summed E-state index contributed by atoms with van der Waals surface area (Å²) >= 11 is 0. The maximum Gasteiger partial charge on any atom is 0.416 e. The van der Waals surface area contributed by atoms with Gasteiger partial charge in [0.15, 0.2) is 5.82 Å². The third-order valence-electron chi connectivity index (χ3n) is 6.96. The van der Waals surface area contributed by atoms with Crippen molar-refractivity contribution in [1.82, 2.24) is 19.4 Å². The van der Waals surface area contributed by atoms with Crippen molar-refractivity contribution < 1.29 is 18.3 Å². The van der Waals surface area contributed by atoms with Gasteiger partial charge < -0.3 is 10.0 Å². The number of pyridine rings is 1. The number of aryl methyl sites for hydroxylation is 1. The molecular formula is C25H27F3N6O2. The fraction of sp³-hybridized carbons (Fsp3) is 0.440. The van der Waals surface area contributed by atoms with E-state index in [0.717, 1.165) is 24.1 Å². The summed E-state index contributed by atoms with van der Waals surface area (Å²) in [5.74, 6) is 0.310. The molecule has 0 aliphatic carbocycles. The van der Waals surface area contributed by atoms with Crippen molar-refractivity contribution in [2.24, 2.45) is 7.05 Å². The van der Waals surface area contributed by atoms with Crippen LogP contribution >= 0.6 is 0 Å². The number of nitriles is 1. The second-order valence-electron chi connectivity index (χ2n) is 9.00. The van der Waals surface area contributed by atoms with Gasteiger partial charge in [-0.15, -0.1) is 0 Å². The van der Waals surface area contributed by atoms with E-state index in [1.54, 1.807) is 13.1 Å². The van der Waals surface area contributed by atoms with Gasteiger partial charge in [0.2, 0.25) is 0 Å². The molecule has 0 bridgehead atoms. The van der Waals surface area contributed by atoms with Gasteiger partial charge in [0.05, 0.1) is 23.7 Å². The van der Waals surface area contributed by atoms with E-state index in [1.165, 1.54) is 22.8 Å². The fourth-order valence-corrected chi connectivity index (χ4v) is 4.84. The van der Waals surface area contributed by atoms with Crippen molar-refractivity contribution in [2.45, 2.75) is 44.6 Å². The molecular weight excluding hydrogens is 473 g/mol. The van der Waals surface area contributed by atoms with Crippen LogP contribution in [0.2, 0.25) is 0 Å². The lowest BCUT2D eigenvalue weighted by Crippen LogP contribution is -2.60. The Bertz CT molecular complexity index is 1350. The minimum absolute atomic E-state index is 0.0369. The van der Waals surface area contributed by atoms with E-state index < -0.39 is 23.5 Å². The van der Waals surface area contributed by atoms with Crippen molar-refractivity contribution >= 4 is 16.9 Å². The van der Waals surface area contributed by atoms with Crippen LogP contribution in [0.3, 0.4) is 0 Å². The van der Waals surface area contributed by atoms with E-state index in [-0.39, 0.29) is 24.4 Å². The molecule has 8 nitrogen and oxygen atoms in total. The van der Waals surface area contributed by atoms with Gasteiger partial charge in [-0.2, -0.15) is 23.4 Å². The first-order valence-electron chi connectivity index (χ1n) is 11.7. The molecule has 2 aromatic heterocycles. The maximum atomic E-state index is 13.0. The van der Waals surface area contributed by atoms with Crippen molar-refractivity contribution in [3.05, 3.63) is 63.7 Å². The lowest BCUT2D eigenvalue weighted by Gasteiger charge is -2.48. The van der Waals surface area contributed by atoms with Crippen LogP contribution in [-0.4, -0.2) is 56.3 Å². The molecule has 0 amide bonds. The van der Waals surface area contributed by atoms with Gasteiger partial charge in [-0.1, -0.05) is 19.1 Å². The Balaban J connectivity index is 1.70. The number of aliphatic hydroxyl groups is 1.